The molecule has 0 fully saturated rings. The maximum Gasteiger partial charge on any atom is 0.387 e. The van der Waals surface area contributed by atoms with E-state index in [0.717, 1.165) is 12.1 Å². The molecule has 2 aromatic carbocycles. The first-order valence-electron chi connectivity index (χ1n) is 7.84. The number of hydrogen-bond acceptors (Lipinski definition) is 3. The van der Waals surface area contributed by atoms with Crippen molar-refractivity contribution in [1.29, 1.82) is 0 Å². The van der Waals surface area contributed by atoms with Crippen molar-refractivity contribution in [2.75, 3.05) is 14.2 Å². The van der Waals surface area contributed by atoms with E-state index in [1.54, 1.807) is 0 Å². The van der Waals surface area contributed by atoms with Crippen LogP contribution in [-0.2, 0) is 13.1 Å². The summed E-state index contributed by atoms with van der Waals surface area (Å²) in [6, 6.07) is 6.89. The van der Waals surface area contributed by atoms with E-state index in [1.165, 1.54) is 43.3 Å². The number of ether oxygens (including phenoxy) is 2. The van der Waals surface area contributed by atoms with Crippen LogP contribution in [0.15, 0.2) is 36.4 Å². The van der Waals surface area contributed by atoms with Crippen molar-refractivity contribution < 1.29 is 31.8 Å². The molecule has 27 heavy (non-hydrogen) atoms. The highest BCUT2D eigenvalue weighted by Gasteiger charge is 2.14. The van der Waals surface area contributed by atoms with E-state index in [2.05, 4.69) is 10.1 Å². The zero-order valence-corrected chi connectivity index (χ0v) is 14.6. The fourth-order valence-electron chi connectivity index (χ4n) is 2.31. The van der Waals surface area contributed by atoms with Crippen molar-refractivity contribution in [3.8, 4) is 11.5 Å². The van der Waals surface area contributed by atoms with E-state index >= 15 is 0 Å². The molecule has 0 spiro atoms. The topological polar surface area (TPSA) is 50.8 Å². The van der Waals surface area contributed by atoms with Crippen LogP contribution in [0.2, 0.25) is 0 Å². The first-order chi connectivity index (χ1) is 12.8. The van der Waals surface area contributed by atoms with E-state index in [9.17, 15) is 22.4 Å². The fraction of sp³-hybridized carbons (Fsp3) is 0.278. The Bertz CT molecular complexity index is 802. The monoisotopic (exact) mass is 386 g/mol. The summed E-state index contributed by atoms with van der Waals surface area (Å²) in [5.74, 6) is -1.46. The van der Waals surface area contributed by atoms with Gasteiger partial charge in [-0.05, 0) is 23.8 Å². The van der Waals surface area contributed by atoms with E-state index in [0.29, 0.717) is 5.56 Å². The van der Waals surface area contributed by atoms with Crippen molar-refractivity contribution in [3.63, 3.8) is 0 Å². The lowest BCUT2D eigenvalue weighted by Gasteiger charge is -2.19. The van der Waals surface area contributed by atoms with Gasteiger partial charge in [0.05, 0.1) is 7.11 Å². The molecule has 0 saturated carbocycles. The minimum absolute atomic E-state index is 0.0531. The Morgan fingerprint density at radius 3 is 2.52 bits per heavy atom. The van der Waals surface area contributed by atoms with Crippen molar-refractivity contribution in [1.82, 2.24) is 10.2 Å². The number of benzene rings is 2. The van der Waals surface area contributed by atoms with Crippen LogP contribution in [0.25, 0.3) is 0 Å². The molecule has 0 atom stereocenters. The molecule has 1 N–H and O–H groups in total. The van der Waals surface area contributed by atoms with Crippen LogP contribution in [0.1, 0.15) is 11.1 Å². The summed E-state index contributed by atoms with van der Waals surface area (Å²) < 4.78 is 60.5. The summed E-state index contributed by atoms with van der Waals surface area (Å²) in [7, 11) is 2.76. The SMILES string of the molecule is COc1cc(CNC(=O)N(C)Cc2ccc(F)cc2F)ccc1OC(F)F. The molecule has 0 aliphatic heterocycles. The van der Waals surface area contributed by atoms with Crippen LogP contribution in [0.5, 0.6) is 11.5 Å². The lowest BCUT2D eigenvalue weighted by Crippen LogP contribution is -2.36. The number of rotatable bonds is 7. The molecule has 2 amide bonds. The lowest BCUT2D eigenvalue weighted by molar-refractivity contribution is -0.0512. The zero-order chi connectivity index (χ0) is 20.0. The second-order valence-corrected chi connectivity index (χ2v) is 5.61. The molecule has 0 saturated heterocycles. The predicted octanol–water partition coefficient (Wildman–Crippen LogP) is 3.92. The van der Waals surface area contributed by atoms with Gasteiger partial charge in [0.2, 0.25) is 0 Å². The molecule has 5 nitrogen and oxygen atoms in total. The van der Waals surface area contributed by atoms with Crippen LogP contribution in [-0.4, -0.2) is 31.7 Å². The second kappa shape index (κ2) is 9.11. The molecule has 0 radical (unpaired) electrons. The van der Waals surface area contributed by atoms with Crippen molar-refractivity contribution in [3.05, 3.63) is 59.2 Å². The molecule has 0 aromatic heterocycles. The normalized spacial score (nSPS) is 10.6. The summed E-state index contributed by atoms with van der Waals surface area (Å²) in [4.78, 5) is 13.4. The quantitative estimate of drug-likeness (QED) is 0.734. The maximum atomic E-state index is 13.7. The summed E-state index contributed by atoms with van der Waals surface area (Å²) in [6.07, 6.45) is 0. The van der Waals surface area contributed by atoms with E-state index < -0.39 is 24.3 Å². The summed E-state index contributed by atoms with van der Waals surface area (Å²) >= 11 is 0. The van der Waals surface area contributed by atoms with Gasteiger partial charge < -0.3 is 19.7 Å². The first kappa shape index (κ1) is 20.3. The number of nitrogens with one attached hydrogen (secondary N) is 1. The highest BCUT2D eigenvalue weighted by Crippen LogP contribution is 2.29. The van der Waals surface area contributed by atoms with Gasteiger partial charge in [0.1, 0.15) is 11.6 Å². The van der Waals surface area contributed by atoms with Crippen LogP contribution in [0, 0.1) is 11.6 Å². The number of amides is 2. The largest absolute Gasteiger partial charge is 0.493 e. The zero-order valence-electron chi connectivity index (χ0n) is 14.6. The smallest absolute Gasteiger partial charge is 0.387 e. The first-order valence-corrected chi connectivity index (χ1v) is 7.84. The summed E-state index contributed by atoms with van der Waals surface area (Å²) in [5.41, 5.74) is 0.757. The third-order valence-electron chi connectivity index (χ3n) is 3.66. The highest BCUT2D eigenvalue weighted by atomic mass is 19.3. The summed E-state index contributed by atoms with van der Waals surface area (Å²) in [5, 5.41) is 2.61. The Morgan fingerprint density at radius 2 is 1.89 bits per heavy atom. The van der Waals surface area contributed by atoms with Gasteiger partial charge in [-0.25, -0.2) is 13.6 Å². The Balaban J connectivity index is 1.96. The molecule has 0 heterocycles. The highest BCUT2D eigenvalue weighted by molar-refractivity contribution is 5.73. The van der Waals surface area contributed by atoms with Crippen LogP contribution in [0.4, 0.5) is 22.4 Å². The predicted molar refractivity (Wildman–Crippen MR) is 89.7 cm³/mol. The van der Waals surface area contributed by atoms with E-state index in [1.807, 2.05) is 0 Å². The molecule has 0 bridgehead atoms. The third kappa shape index (κ3) is 5.77. The number of nitrogens with zero attached hydrogens (tertiary/aromatic N) is 1. The number of methoxy groups -OCH3 is 1. The Hall–Kier alpha value is -2.97. The maximum absolute atomic E-state index is 13.7. The Labute approximate surface area is 153 Å². The van der Waals surface area contributed by atoms with E-state index in [4.69, 9.17) is 4.74 Å². The molecule has 0 aliphatic rings. The molecule has 2 rings (SSSR count). The van der Waals surface area contributed by atoms with Crippen molar-refractivity contribution in [2.45, 2.75) is 19.7 Å². The molecule has 0 unspecified atom stereocenters. The van der Waals surface area contributed by atoms with Crippen LogP contribution < -0.4 is 14.8 Å². The van der Waals surface area contributed by atoms with Gasteiger partial charge in [-0.15, -0.1) is 0 Å². The minimum atomic E-state index is -2.98. The van der Waals surface area contributed by atoms with Gasteiger partial charge in [0, 0.05) is 31.8 Å². The molecular formula is C18H18F4N2O3. The average Bonchev–Trinajstić information content (AvgIpc) is 2.62. The molecule has 9 heteroatoms. The average molecular weight is 386 g/mol. The number of alkyl halides is 2. The van der Waals surface area contributed by atoms with Crippen molar-refractivity contribution in [2.24, 2.45) is 0 Å². The molecule has 146 valence electrons. The third-order valence-corrected chi connectivity index (χ3v) is 3.66. The number of halogens is 4. The van der Waals surface area contributed by atoms with Gasteiger partial charge >= 0.3 is 12.6 Å². The number of urea groups is 1. The van der Waals surface area contributed by atoms with Gasteiger partial charge in [0.15, 0.2) is 11.5 Å². The molecule has 2 aromatic rings. The summed E-state index contributed by atoms with van der Waals surface area (Å²) in [6.45, 7) is -2.95. The van der Waals surface area contributed by atoms with Gasteiger partial charge in [-0.1, -0.05) is 12.1 Å². The van der Waals surface area contributed by atoms with Crippen molar-refractivity contribution >= 4 is 6.03 Å². The molecule has 0 aliphatic carbocycles. The number of hydrogen-bond donors (Lipinski definition) is 1. The number of carbonyl (C=O) groups excluding carboxylic acids is 1. The fourth-order valence-corrected chi connectivity index (χ4v) is 2.31. The van der Waals surface area contributed by atoms with Crippen LogP contribution >= 0.6 is 0 Å². The number of carbonyl (C=O) groups is 1. The van der Waals surface area contributed by atoms with Gasteiger partial charge in [0.25, 0.3) is 0 Å². The van der Waals surface area contributed by atoms with Gasteiger partial charge in [-0.2, -0.15) is 8.78 Å². The Morgan fingerprint density at radius 1 is 1.15 bits per heavy atom. The van der Waals surface area contributed by atoms with Crippen LogP contribution in [0.3, 0.4) is 0 Å². The minimum Gasteiger partial charge on any atom is -0.493 e. The Kier molecular flexibility index (Phi) is 6.86. The molecular weight excluding hydrogens is 368 g/mol. The van der Waals surface area contributed by atoms with E-state index in [-0.39, 0.29) is 30.2 Å². The standard InChI is InChI=1S/C18H18F4N2O3/c1-24(10-12-4-5-13(19)8-14(12)20)18(25)23-9-11-3-6-15(27-17(21)22)16(7-11)26-2/h3-8,17H,9-10H2,1-2H3,(H,23,25). The second-order valence-electron chi connectivity index (χ2n) is 5.61. The lowest BCUT2D eigenvalue weighted by atomic mass is 10.2. The van der Waals surface area contributed by atoms with Gasteiger partial charge in [-0.3, -0.25) is 0 Å².